The molecule has 0 unspecified atom stereocenters. The molecule has 0 radical (unpaired) electrons. The molecule has 3 heterocycles. The van der Waals surface area contributed by atoms with Gasteiger partial charge in [-0.2, -0.15) is 5.26 Å². The van der Waals surface area contributed by atoms with E-state index in [4.69, 9.17) is 15.5 Å². The number of benzene rings is 2. The number of anilines is 4. The highest BCUT2D eigenvalue weighted by Crippen LogP contribution is 2.38. The third kappa shape index (κ3) is 4.21. The molecule has 1 aliphatic heterocycles. The number of aryl methyl sites for hydroxylation is 1. The zero-order chi connectivity index (χ0) is 24.5. The molecule has 178 valence electrons. The van der Waals surface area contributed by atoms with Crippen molar-refractivity contribution in [3.8, 4) is 23.1 Å². The molecule has 1 aliphatic rings. The van der Waals surface area contributed by atoms with Crippen LogP contribution in [0.25, 0.3) is 22.2 Å². The lowest BCUT2D eigenvalue weighted by Gasteiger charge is -2.33. The highest BCUT2D eigenvalue weighted by molar-refractivity contribution is 5.96. The molecule has 0 saturated carbocycles. The maximum atomic E-state index is 9.73. The van der Waals surface area contributed by atoms with Crippen molar-refractivity contribution in [3.63, 3.8) is 0 Å². The van der Waals surface area contributed by atoms with Gasteiger partial charge in [0.1, 0.15) is 11.8 Å². The van der Waals surface area contributed by atoms with Gasteiger partial charge in [0.15, 0.2) is 0 Å². The molecule has 3 N–H and O–H groups in total. The SMILES string of the molecule is COc1cc(N2CCC(C)CC2)c(N)cc1Nc1ncc(C#N)c(-c2cn(C)c3ccccc23)n1. The van der Waals surface area contributed by atoms with E-state index in [1.54, 1.807) is 13.3 Å². The Balaban J connectivity index is 1.51. The molecular weight excluding hydrogens is 438 g/mol. The van der Waals surface area contributed by atoms with Crippen LogP contribution in [0.15, 0.2) is 48.8 Å². The van der Waals surface area contributed by atoms with E-state index < -0.39 is 0 Å². The van der Waals surface area contributed by atoms with Gasteiger partial charge < -0.3 is 25.3 Å². The summed E-state index contributed by atoms with van der Waals surface area (Å²) < 4.78 is 7.72. The van der Waals surface area contributed by atoms with Crippen LogP contribution >= 0.6 is 0 Å². The van der Waals surface area contributed by atoms with Crippen LogP contribution in [0.3, 0.4) is 0 Å². The lowest BCUT2D eigenvalue weighted by atomic mass is 9.98. The van der Waals surface area contributed by atoms with E-state index >= 15 is 0 Å². The number of rotatable bonds is 5. The van der Waals surface area contributed by atoms with Gasteiger partial charge in [-0.15, -0.1) is 0 Å². The average Bonchev–Trinajstić information content (AvgIpc) is 3.21. The van der Waals surface area contributed by atoms with E-state index in [2.05, 4.69) is 28.2 Å². The number of piperidine rings is 1. The summed E-state index contributed by atoms with van der Waals surface area (Å²) in [5.74, 6) is 1.76. The fourth-order valence-electron chi connectivity index (χ4n) is 4.76. The zero-order valence-corrected chi connectivity index (χ0v) is 20.2. The molecule has 0 bridgehead atoms. The number of para-hydroxylation sites is 1. The molecule has 35 heavy (non-hydrogen) atoms. The van der Waals surface area contributed by atoms with Crippen molar-refractivity contribution in [2.45, 2.75) is 19.8 Å². The Kier molecular flexibility index (Phi) is 5.91. The van der Waals surface area contributed by atoms with Gasteiger partial charge in [-0.3, -0.25) is 0 Å². The number of hydrogen-bond donors (Lipinski definition) is 2. The van der Waals surface area contributed by atoms with Gasteiger partial charge in [0.05, 0.1) is 41.6 Å². The van der Waals surface area contributed by atoms with Gasteiger partial charge in [-0.25, -0.2) is 9.97 Å². The molecule has 0 atom stereocenters. The number of nitrogens with zero attached hydrogens (tertiary/aromatic N) is 5. The fraction of sp³-hybridized carbons (Fsp3) is 0.296. The van der Waals surface area contributed by atoms with Gasteiger partial charge in [0, 0.05) is 48.9 Å². The highest BCUT2D eigenvalue weighted by atomic mass is 16.5. The van der Waals surface area contributed by atoms with Crippen LogP contribution in [-0.2, 0) is 7.05 Å². The molecule has 4 aromatic rings. The van der Waals surface area contributed by atoms with Gasteiger partial charge in [0.2, 0.25) is 5.95 Å². The number of hydrogen-bond acceptors (Lipinski definition) is 7. The molecule has 1 fully saturated rings. The molecule has 0 aliphatic carbocycles. The molecule has 1 saturated heterocycles. The normalized spacial score (nSPS) is 14.2. The first-order valence-electron chi connectivity index (χ1n) is 11.8. The zero-order valence-electron chi connectivity index (χ0n) is 20.2. The van der Waals surface area contributed by atoms with Crippen molar-refractivity contribution in [1.29, 1.82) is 5.26 Å². The van der Waals surface area contributed by atoms with Gasteiger partial charge in [-0.1, -0.05) is 25.1 Å². The first kappa shape index (κ1) is 22.5. The highest BCUT2D eigenvalue weighted by Gasteiger charge is 2.21. The van der Waals surface area contributed by atoms with Crippen molar-refractivity contribution < 1.29 is 4.74 Å². The van der Waals surface area contributed by atoms with Crippen molar-refractivity contribution in [1.82, 2.24) is 14.5 Å². The monoisotopic (exact) mass is 467 g/mol. The number of nitrogen functional groups attached to an aromatic ring is 1. The van der Waals surface area contributed by atoms with Crippen molar-refractivity contribution >= 4 is 33.9 Å². The summed E-state index contributed by atoms with van der Waals surface area (Å²) in [6, 6.07) is 14.1. The maximum Gasteiger partial charge on any atom is 0.227 e. The Bertz CT molecular complexity index is 1430. The summed E-state index contributed by atoms with van der Waals surface area (Å²) in [6.07, 6.45) is 5.84. The van der Waals surface area contributed by atoms with Crippen molar-refractivity contribution in [2.75, 3.05) is 36.1 Å². The summed E-state index contributed by atoms with van der Waals surface area (Å²) in [5, 5.41) is 14.0. The number of nitrogens with two attached hydrogens (primary N) is 1. The number of aromatic nitrogens is 3. The molecule has 8 heteroatoms. The van der Waals surface area contributed by atoms with E-state index in [1.165, 1.54) is 0 Å². The number of ether oxygens (including phenoxy) is 1. The molecular formula is C27H29N7O. The number of nitriles is 1. The molecule has 0 amide bonds. The molecule has 8 nitrogen and oxygen atoms in total. The number of methoxy groups -OCH3 is 1. The molecule has 2 aromatic carbocycles. The van der Waals surface area contributed by atoms with E-state index in [1.807, 2.05) is 54.2 Å². The lowest BCUT2D eigenvalue weighted by Crippen LogP contribution is -2.33. The van der Waals surface area contributed by atoms with E-state index in [9.17, 15) is 5.26 Å². The second-order valence-electron chi connectivity index (χ2n) is 9.14. The van der Waals surface area contributed by atoms with Crippen LogP contribution in [0.5, 0.6) is 5.75 Å². The largest absolute Gasteiger partial charge is 0.494 e. The Morgan fingerprint density at radius 3 is 2.71 bits per heavy atom. The van der Waals surface area contributed by atoms with Gasteiger partial charge in [0.25, 0.3) is 0 Å². The van der Waals surface area contributed by atoms with Crippen LogP contribution in [0.4, 0.5) is 23.0 Å². The first-order chi connectivity index (χ1) is 17.0. The standard InChI is InChI=1S/C27H29N7O/c1-17-8-10-34(11-9-17)24-13-25(35-3)22(12-21(24)29)31-27-30-15-18(14-28)26(32-27)20-16-33(2)23-7-5-4-6-19(20)23/h4-7,12-13,15-17H,8-11,29H2,1-3H3,(H,30,31,32). The Morgan fingerprint density at radius 1 is 1.20 bits per heavy atom. The van der Waals surface area contributed by atoms with Crippen molar-refractivity contribution in [2.24, 2.45) is 13.0 Å². The third-order valence-electron chi connectivity index (χ3n) is 6.78. The van der Waals surface area contributed by atoms with Crippen LogP contribution in [0.1, 0.15) is 25.3 Å². The summed E-state index contributed by atoms with van der Waals surface area (Å²) in [6.45, 7) is 4.25. The molecule has 0 spiro atoms. The summed E-state index contributed by atoms with van der Waals surface area (Å²) in [7, 11) is 3.62. The lowest BCUT2D eigenvalue weighted by molar-refractivity contribution is 0.415. The Labute approximate surface area is 205 Å². The minimum Gasteiger partial charge on any atom is -0.494 e. The fourth-order valence-corrected chi connectivity index (χ4v) is 4.76. The third-order valence-corrected chi connectivity index (χ3v) is 6.78. The number of fused-ring (bicyclic) bond motifs is 1. The van der Waals surface area contributed by atoms with E-state index in [0.29, 0.717) is 34.3 Å². The summed E-state index contributed by atoms with van der Waals surface area (Å²) >= 11 is 0. The van der Waals surface area contributed by atoms with Crippen molar-refractivity contribution in [3.05, 3.63) is 54.4 Å². The number of nitrogens with one attached hydrogen (secondary N) is 1. The average molecular weight is 468 g/mol. The molecule has 2 aromatic heterocycles. The smallest absolute Gasteiger partial charge is 0.227 e. The molecule has 5 rings (SSSR count). The Hall–Kier alpha value is -4.25. The van der Waals surface area contributed by atoms with E-state index in [-0.39, 0.29) is 0 Å². The van der Waals surface area contributed by atoms with Gasteiger partial charge >= 0.3 is 0 Å². The van der Waals surface area contributed by atoms with Gasteiger partial charge in [-0.05, 0) is 30.9 Å². The quantitative estimate of drug-likeness (QED) is 0.394. The Morgan fingerprint density at radius 2 is 1.97 bits per heavy atom. The summed E-state index contributed by atoms with van der Waals surface area (Å²) in [5.41, 5.74) is 11.7. The van der Waals surface area contributed by atoms with E-state index in [0.717, 1.165) is 54.0 Å². The predicted octanol–water partition coefficient (Wildman–Crippen LogP) is 5.08. The topological polar surface area (TPSA) is 105 Å². The van der Waals surface area contributed by atoms with Crippen LogP contribution in [0.2, 0.25) is 0 Å². The van der Waals surface area contributed by atoms with Crippen LogP contribution in [-0.4, -0.2) is 34.7 Å². The summed E-state index contributed by atoms with van der Waals surface area (Å²) in [4.78, 5) is 11.4. The van der Waals surface area contributed by atoms with Crippen LogP contribution < -0.4 is 20.7 Å². The second kappa shape index (κ2) is 9.18. The predicted molar refractivity (Wildman–Crippen MR) is 140 cm³/mol. The first-order valence-corrected chi connectivity index (χ1v) is 11.8. The minimum absolute atomic E-state index is 0.365. The minimum atomic E-state index is 0.365. The maximum absolute atomic E-state index is 9.73. The van der Waals surface area contributed by atoms with Crippen LogP contribution in [0, 0.1) is 17.2 Å². The second-order valence-corrected chi connectivity index (χ2v) is 9.14.